The number of para-hydroxylation sites is 1. The first-order valence-corrected chi connectivity index (χ1v) is 11.0. The van der Waals surface area contributed by atoms with Gasteiger partial charge in [-0.05, 0) is 69.9 Å². The molecule has 1 amide bonds. The molecule has 0 spiro atoms. The second-order valence-electron chi connectivity index (χ2n) is 8.50. The molecule has 170 valence electrons. The van der Waals surface area contributed by atoms with Crippen LogP contribution < -0.4 is 10.1 Å². The highest BCUT2D eigenvalue weighted by Crippen LogP contribution is 2.31. The van der Waals surface area contributed by atoms with E-state index in [1.54, 1.807) is 18.3 Å². The molecule has 0 aliphatic heterocycles. The summed E-state index contributed by atoms with van der Waals surface area (Å²) in [4.78, 5) is 19.6. The smallest absolute Gasteiger partial charge is 0.255 e. The summed E-state index contributed by atoms with van der Waals surface area (Å²) in [5.74, 6) is 0.548. The first kappa shape index (κ1) is 22.5. The van der Waals surface area contributed by atoms with E-state index >= 15 is 0 Å². The van der Waals surface area contributed by atoms with Crippen molar-refractivity contribution < 1.29 is 9.53 Å². The molecule has 0 aliphatic rings. The van der Waals surface area contributed by atoms with Crippen LogP contribution in [-0.4, -0.2) is 52.3 Å². The van der Waals surface area contributed by atoms with E-state index in [-0.39, 0.29) is 12.0 Å². The van der Waals surface area contributed by atoms with Crippen molar-refractivity contribution in [3.8, 4) is 16.9 Å². The molecule has 0 saturated carbocycles. The standard InChI is InChI=1S/C26H29N5O2/c1-18(2)33-21-10-8-19(9-11-21)26(32)29-24-7-5-6-23-22(12-13-27-25(23)24)20-16-28-31(17-20)15-14-30(3)4/h5-13,16-18H,14-15H2,1-4H3,(H,29,32). The molecule has 2 aromatic carbocycles. The van der Waals surface area contributed by atoms with Gasteiger partial charge in [0.05, 0.1) is 30.0 Å². The largest absolute Gasteiger partial charge is 0.491 e. The second-order valence-corrected chi connectivity index (χ2v) is 8.50. The van der Waals surface area contributed by atoms with Crippen LogP contribution in [0.4, 0.5) is 5.69 Å². The molecule has 0 aliphatic carbocycles. The van der Waals surface area contributed by atoms with Crippen molar-refractivity contribution in [1.29, 1.82) is 0 Å². The summed E-state index contributed by atoms with van der Waals surface area (Å²) in [7, 11) is 4.09. The average molecular weight is 444 g/mol. The number of nitrogens with zero attached hydrogens (tertiary/aromatic N) is 4. The molecule has 0 saturated heterocycles. The van der Waals surface area contributed by atoms with E-state index in [1.807, 2.05) is 81.4 Å². The fourth-order valence-corrected chi connectivity index (χ4v) is 3.61. The molecule has 33 heavy (non-hydrogen) atoms. The first-order valence-electron chi connectivity index (χ1n) is 11.0. The second kappa shape index (κ2) is 9.83. The van der Waals surface area contributed by atoms with Crippen molar-refractivity contribution in [3.05, 3.63) is 72.7 Å². The summed E-state index contributed by atoms with van der Waals surface area (Å²) >= 11 is 0. The zero-order valence-electron chi connectivity index (χ0n) is 19.4. The van der Waals surface area contributed by atoms with Crippen molar-refractivity contribution in [2.75, 3.05) is 26.0 Å². The molecule has 0 fully saturated rings. The summed E-state index contributed by atoms with van der Waals surface area (Å²) in [5.41, 5.74) is 4.01. The Labute approximate surface area is 194 Å². The number of anilines is 1. The lowest BCUT2D eigenvalue weighted by atomic mass is 10.0. The molecule has 2 heterocycles. The van der Waals surface area contributed by atoms with Crippen molar-refractivity contribution in [1.82, 2.24) is 19.7 Å². The molecule has 0 atom stereocenters. The summed E-state index contributed by atoms with van der Waals surface area (Å²) in [6.45, 7) is 5.67. The van der Waals surface area contributed by atoms with Crippen molar-refractivity contribution in [3.63, 3.8) is 0 Å². The Morgan fingerprint density at radius 3 is 2.64 bits per heavy atom. The van der Waals surface area contributed by atoms with Crippen LogP contribution in [0.15, 0.2) is 67.1 Å². The monoisotopic (exact) mass is 443 g/mol. The molecule has 7 nitrogen and oxygen atoms in total. The van der Waals surface area contributed by atoms with Gasteiger partial charge < -0.3 is 15.0 Å². The maximum Gasteiger partial charge on any atom is 0.255 e. The van der Waals surface area contributed by atoms with Gasteiger partial charge in [0.15, 0.2) is 0 Å². The maximum atomic E-state index is 12.9. The third-order valence-electron chi connectivity index (χ3n) is 5.23. The van der Waals surface area contributed by atoms with E-state index in [1.165, 1.54) is 0 Å². The predicted molar refractivity (Wildman–Crippen MR) is 132 cm³/mol. The Kier molecular flexibility index (Phi) is 6.70. The lowest BCUT2D eigenvalue weighted by Gasteiger charge is -2.12. The van der Waals surface area contributed by atoms with Crippen LogP contribution in [0.5, 0.6) is 5.75 Å². The lowest BCUT2D eigenvalue weighted by molar-refractivity contribution is 0.102. The summed E-state index contributed by atoms with van der Waals surface area (Å²) in [6, 6.07) is 14.9. The van der Waals surface area contributed by atoms with Crippen LogP contribution >= 0.6 is 0 Å². The lowest BCUT2D eigenvalue weighted by Crippen LogP contribution is -2.18. The topological polar surface area (TPSA) is 72.3 Å². The number of carbonyl (C=O) groups is 1. The number of aromatic nitrogens is 3. The van der Waals surface area contributed by atoms with Gasteiger partial charge in [-0.2, -0.15) is 5.10 Å². The fourth-order valence-electron chi connectivity index (χ4n) is 3.61. The number of fused-ring (bicyclic) bond motifs is 1. The Morgan fingerprint density at radius 2 is 1.91 bits per heavy atom. The normalized spacial score (nSPS) is 11.3. The zero-order chi connectivity index (χ0) is 23.4. The Hall–Kier alpha value is -3.71. The van der Waals surface area contributed by atoms with Gasteiger partial charge in [0, 0.05) is 35.5 Å². The van der Waals surface area contributed by atoms with Crippen molar-refractivity contribution in [2.24, 2.45) is 0 Å². The van der Waals surface area contributed by atoms with E-state index < -0.39 is 0 Å². The number of carbonyl (C=O) groups excluding carboxylic acids is 1. The highest BCUT2D eigenvalue weighted by molar-refractivity contribution is 6.10. The number of amides is 1. The Balaban J connectivity index is 1.58. The van der Waals surface area contributed by atoms with Gasteiger partial charge in [-0.15, -0.1) is 0 Å². The molecule has 0 unspecified atom stereocenters. The van der Waals surface area contributed by atoms with E-state index in [0.29, 0.717) is 11.3 Å². The maximum absolute atomic E-state index is 12.9. The molecule has 4 rings (SSSR count). The molecular weight excluding hydrogens is 414 g/mol. The van der Waals surface area contributed by atoms with Gasteiger partial charge in [-0.1, -0.05) is 12.1 Å². The van der Waals surface area contributed by atoms with Crippen LogP contribution in [0.25, 0.3) is 22.0 Å². The highest BCUT2D eigenvalue weighted by Gasteiger charge is 2.13. The van der Waals surface area contributed by atoms with Crippen LogP contribution in [0, 0.1) is 0 Å². The van der Waals surface area contributed by atoms with Gasteiger partial charge in [0.2, 0.25) is 0 Å². The number of ether oxygens (including phenoxy) is 1. The molecule has 1 N–H and O–H groups in total. The van der Waals surface area contributed by atoms with E-state index in [0.717, 1.165) is 40.9 Å². The molecular formula is C26H29N5O2. The van der Waals surface area contributed by atoms with Gasteiger partial charge in [0.1, 0.15) is 5.75 Å². The highest BCUT2D eigenvalue weighted by atomic mass is 16.5. The van der Waals surface area contributed by atoms with Crippen molar-refractivity contribution in [2.45, 2.75) is 26.5 Å². The third-order valence-corrected chi connectivity index (χ3v) is 5.23. The van der Waals surface area contributed by atoms with Gasteiger partial charge >= 0.3 is 0 Å². The molecule has 4 aromatic rings. The molecule has 0 radical (unpaired) electrons. The predicted octanol–water partition coefficient (Wildman–Crippen LogP) is 4.70. The fraction of sp³-hybridized carbons (Fsp3) is 0.269. The zero-order valence-corrected chi connectivity index (χ0v) is 19.4. The quantitative estimate of drug-likeness (QED) is 0.427. The third kappa shape index (κ3) is 5.38. The minimum absolute atomic E-state index is 0.0840. The van der Waals surface area contributed by atoms with Gasteiger partial charge in [-0.3, -0.25) is 14.5 Å². The van der Waals surface area contributed by atoms with Crippen LogP contribution in [0.2, 0.25) is 0 Å². The van der Waals surface area contributed by atoms with E-state index in [2.05, 4.69) is 20.3 Å². The van der Waals surface area contributed by atoms with Gasteiger partial charge in [0.25, 0.3) is 5.91 Å². The van der Waals surface area contributed by atoms with E-state index in [4.69, 9.17) is 4.74 Å². The molecule has 7 heteroatoms. The van der Waals surface area contributed by atoms with E-state index in [9.17, 15) is 4.79 Å². The summed E-state index contributed by atoms with van der Waals surface area (Å²) < 4.78 is 7.60. The van der Waals surface area contributed by atoms with Gasteiger partial charge in [-0.25, -0.2) is 0 Å². The Morgan fingerprint density at radius 1 is 1.12 bits per heavy atom. The summed E-state index contributed by atoms with van der Waals surface area (Å²) in [6.07, 6.45) is 5.77. The number of nitrogens with one attached hydrogen (secondary N) is 1. The number of likely N-dealkylation sites (N-methyl/N-ethyl adjacent to an activating group) is 1. The number of pyridine rings is 1. The average Bonchev–Trinajstić information content (AvgIpc) is 3.26. The summed E-state index contributed by atoms with van der Waals surface area (Å²) in [5, 5.41) is 8.47. The minimum atomic E-state index is -0.192. The first-order chi connectivity index (χ1) is 15.9. The van der Waals surface area contributed by atoms with Crippen LogP contribution in [0.3, 0.4) is 0 Å². The molecule has 0 bridgehead atoms. The number of hydrogen-bond donors (Lipinski definition) is 1. The SMILES string of the molecule is CC(C)Oc1ccc(C(=O)Nc2cccc3c(-c4cnn(CCN(C)C)c4)ccnc23)cc1. The molecule has 2 aromatic heterocycles. The Bertz CT molecular complexity index is 1250. The van der Waals surface area contributed by atoms with Crippen LogP contribution in [0.1, 0.15) is 24.2 Å². The van der Waals surface area contributed by atoms with Crippen LogP contribution in [-0.2, 0) is 6.54 Å². The minimum Gasteiger partial charge on any atom is -0.491 e. The number of benzene rings is 2. The number of hydrogen-bond acceptors (Lipinski definition) is 5. The van der Waals surface area contributed by atoms with Crippen molar-refractivity contribution >= 4 is 22.5 Å². The number of rotatable bonds is 8.